The number of phenols is 1. The van der Waals surface area contributed by atoms with Crippen LogP contribution in [0.5, 0.6) is 11.5 Å². The molecule has 1 amide bonds. The van der Waals surface area contributed by atoms with Gasteiger partial charge in [0, 0.05) is 0 Å². The number of aromatic hydroxyl groups is 1. The molecule has 2 rings (SSSR count). The van der Waals surface area contributed by atoms with Gasteiger partial charge in [-0.25, -0.2) is 9.82 Å². The third-order valence-electron chi connectivity index (χ3n) is 2.87. The van der Waals surface area contributed by atoms with Crippen molar-refractivity contribution in [2.45, 2.75) is 6.42 Å². The maximum atomic E-state index is 13.1. The number of amides is 1. The Morgan fingerprint density at radius 2 is 2.18 bits per heavy atom. The summed E-state index contributed by atoms with van der Waals surface area (Å²) < 4.78 is 18.2. The molecule has 0 saturated carbocycles. The van der Waals surface area contributed by atoms with Gasteiger partial charge in [0.25, 0.3) is 0 Å². The maximum Gasteiger partial charge on any atom is 0.244 e. The van der Waals surface area contributed by atoms with Gasteiger partial charge in [0.05, 0.1) is 19.7 Å². The molecule has 0 aliphatic carbocycles. The summed E-state index contributed by atoms with van der Waals surface area (Å²) >= 11 is 0. The number of ether oxygens (including phenoxy) is 1. The van der Waals surface area contributed by atoms with Crippen molar-refractivity contribution in [3.63, 3.8) is 0 Å². The molecule has 0 heterocycles. The summed E-state index contributed by atoms with van der Waals surface area (Å²) in [5.41, 5.74) is 3.58. The van der Waals surface area contributed by atoms with Crippen LogP contribution >= 0.6 is 0 Å². The summed E-state index contributed by atoms with van der Waals surface area (Å²) in [4.78, 5) is 11.7. The zero-order chi connectivity index (χ0) is 15.9. The lowest BCUT2D eigenvalue weighted by Crippen LogP contribution is -2.19. The fourth-order valence-corrected chi connectivity index (χ4v) is 1.79. The Bertz CT molecular complexity index is 702. The number of nitrogens with one attached hydrogen (secondary N) is 1. The molecule has 0 aromatic heterocycles. The Balaban J connectivity index is 1.91. The van der Waals surface area contributed by atoms with Crippen LogP contribution in [0.4, 0.5) is 4.39 Å². The standard InChI is InChI=1S/C16H15FN2O3/c1-22-13-4-2-3-11(7-13)9-16(21)19-18-10-12-5-6-15(20)14(17)8-12/h2-8,10,20H,9H2,1H3,(H,19,21). The number of halogens is 1. The van der Waals surface area contributed by atoms with Crippen molar-refractivity contribution in [1.29, 1.82) is 0 Å². The van der Waals surface area contributed by atoms with Gasteiger partial charge in [-0.15, -0.1) is 0 Å². The number of phenolic OH excluding ortho intramolecular Hbond substituents is 1. The van der Waals surface area contributed by atoms with Crippen molar-refractivity contribution in [3.05, 3.63) is 59.4 Å². The van der Waals surface area contributed by atoms with Crippen LogP contribution < -0.4 is 10.2 Å². The van der Waals surface area contributed by atoms with Gasteiger partial charge < -0.3 is 9.84 Å². The Morgan fingerprint density at radius 1 is 1.36 bits per heavy atom. The second-order valence-corrected chi connectivity index (χ2v) is 4.53. The Morgan fingerprint density at radius 3 is 2.91 bits per heavy atom. The van der Waals surface area contributed by atoms with E-state index in [9.17, 15) is 9.18 Å². The van der Waals surface area contributed by atoms with Crippen LogP contribution in [0.3, 0.4) is 0 Å². The monoisotopic (exact) mass is 302 g/mol. The molecule has 0 spiro atoms. The van der Waals surface area contributed by atoms with Crippen molar-refractivity contribution in [2.75, 3.05) is 7.11 Å². The third-order valence-corrected chi connectivity index (χ3v) is 2.87. The van der Waals surface area contributed by atoms with Gasteiger partial charge in [-0.1, -0.05) is 12.1 Å². The minimum Gasteiger partial charge on any atom is -0.505 e. The molecular formula is C16H15FN2O3. The Hall–Kier alpha value is -2.89. The van der Waals surface area contributed by atoms with Gasteiger partial charge in [-0.3, -0.25) is 4.79 Å². The smallest absolute Gasteiger partial charge is 0.244 e. The van der Waals surface area contributed by atoms with Gasteiger partial charge in [-0.2, -0.15) is 5.10 Å². The number of hydrogen-bond acceptors (Lipinski definition) is 4. The summed E-state index contributed by atoms with van der Waals surface area (Å²) in [6.07, 6.45) is 1.45. The maximum absolute atomic E-state index is 13.1. The predicted molar refractivity (Wildman–Crippen MR) is 80.5 cm³/mol. The molecule has 22 heavy (non-hydrogen) atoms. The lowest BCUT2D eigenvalue weighted by atomic mass is 10.1. The topological polar surface area (TPSA) is 70.9 Å². The molecule has 2 N–H and O–H groups in total. The molecule has 5 nitrogen and oxygen atoms in total. The van der Waals surface area contributed by atoms with E-state index in [1.54, 1.807) is 31.4 Å². The normalized spacial score (nSPS) is 10.6. The van der Waals surface area contributed by atoms with E-state index in [4.69, 9.17) is 9.84 Å². The SMILES string of the molecule is COc1cccc(CC(=O)NN=Cc2ccc(O)c(F)c2)c1. The van der Waals surface area contributed by atoms with Gasteiger partial charge in [-0.05, 0) is 41.5 Å². The molecule has 0 atom stereocenters. The van der Waals surface area contributed by atoms with E-state index in [1.807, 2.05) is 0 Å². The molecule has 0 aliphatic heterocycles. The number of hydrogen-bond donors (Lipinski definition) is 2. The first-order valence-electron chi connectivity index (χ1n) is 6.52. The van der Waals surface area contributed by atoms with Gasteiger partial charge >= 0.3 is 0 Å². The van der Waals surface area contributed by atoms with Crippen molar-refractivity contribution in [3.8, 4) is 11.5 Å². The van der Waals surface area contributed by atoms with E-state index in [2.05, 4.69) is 10.5 Å². The summed E-state index contributed by atoms with van der Waals surface area (Å²) in [6, 6.07) is 11.0. The molecule has 0 aliphatic rings. The molecule has 0 fully saturated rings. The van der Waals surface area contributed by atoms with Gasteiger partial charge in [0.2, 0.25) is 5.91 Å². The lowest BCUT2D eigenvalue weighted by molar-refractivity contribution is -0.120. The van der Waals surface area contributed by atoms with E-state index in [1.165, 1.54) is 18.3 Å². The van der Waals surface area contributed by atoms with E-state index in [-0.39, 0.29) is 12.3 Å². The minimum absolute atomic E-state index is 0.151. The van der Waals surface area contributed by atoms with Crippen LogP contribution in [0.2, 0.25) is 0 Å². The average molecular weight is 302 g/mol. The van der Waals surface area contributed by atoms with Crippen LogP contribution in [0, 0.1) is 5.82 Å². The molecule has 0 unspecified atom stereocenters. The number of hydrazone groups is 1. The molecule has 114 valence electrons. The second-order valence-electron chi connectivity index (χ2n) is 4.53. The quantitative estimate of drug-likeness (QED) is 0.657. The molecule has 2 aromatic rings. The molecule has 6 heteroatoms. The molecule has 0 saturated heterocycles. The van der Waals surface area contributed by atoms with Crippen molar-refractivity contribution < 1.29 is 19.0 Å². The first kappa shape index (κ1) is 15.5. The number of benzene rings is 2. The second kappa shape index (κ2) is 7.21. The summed E-state index contributed by atoms with van der Waals surface area (Å²) in [5, 5.41) is 12.8. The Labute approximate surface area is 127 Å². The van der Waals surface area contributed by atoms with E-state index < -0.39 is 11.6 Å². The van der Waals surface area contributed by atoms with Crippen molar-refractivity contribution in [2.24, 2.45) is 5.10 Å². The lowest BCUT2D eigenvalue weighted by Gasteiger charge is -2.03. The minimum atomic E-state index is -0.744. The highest BCUT2D eigenvalue weighted by atomic mass is 19.1. The number of nitrogens with zero attached hydrogens (tertiary/aromatic N) is 1. The highest BCUT2D eigenvalue weighted by Gasteiger charge is 2.03. The first-order valence-corrected chi connectivity index (χ1v) is 6.52. The molecule has 0 radical (unpaired) electrons. The van der Waals surface area contributed by atoms with Crippen molar-refractivity contribution >= 4 is 12.1 Å². The number of methoxy groups -OCH3 is 1. The van der Waals surface area contributed by atoms with Gasteiger partial charge in [0.15, 0.2) is 11.6 Å². The van der Waals surface area contributed by atoms with Gasteiger partial charge in [0.1, 0.15) is 5.75 Å². The number of carbonyl (C=O) groups is 1. The zero-order valence-electron chi connectivity index (χ0n) is 11.9. The molecular weight excluding hydrogens is 287 g/mol. The van der Waals surface area contributed by atoms with Crippen LogP contribution in [-0.2, 0) is 11.2 Å². The van der Waals surface area contributed by atoms with E-state index in [0.29, 0.717) is 11.3 Å². The zero-order valence-corrected chi connectivity index (χ0v) is 11.9. The molecule has 0 bridgehead atoms. The highest BCUT2D eigenvalue weighted by Crippen LogP contribution is 2.15. The van der Waals surface area contributed by atoms with Crippen molar-refractivity contribution in [1.82, 2.24) is 5.43 Å². The summed E-state index contributed by atoms with van der Waals surface area (Å²) in [7, 11) is 1.56. The summed E-state index contributed by atoms with van der Waals surface area (Å²) in [5.74, 6) is -0.803. The van der Waals surface area contributed by atoms with E-state index in [0.717, 1.165) is 11.6 Å². The van der Waals surface area contributed by atoms with E-state index >= 15 is 0 Å². The largest absolute Gasteiger partial charge is 0.505 e. The number of carbonyl (C=O) groups excluding carboxylic acids is 1. The fourth-order valence-electron chi connectivity index (χ4n) is 1.79. The summed E-state index contributed by atoms with van der Waals surface area (Å²) in [6.45, 7) is 0. The van der Waals surface area contributed by atoms with Crippen LogP contribution in [0.1, 0.15) is 11.1 Å². The predicted octanol–water partition coefficient (Wildman–Crippen LogP) is 2.23. The van der Waals surface area contributed by atoms with Crippen LogP contribution in [0.15, 0.2) is 47.6 Å². The number of rotatable bonds is 5. The van der Waals surface area contributed by atoms with Crippen LogP contribution in [-0.4, -0.2) is 24.3 Å². The first-order chi connectivity index (χ1) is 10.6. The van der Waals surface area contributed by atoms with Crippen LogP contribution in [0.25, 0.3) is 0 Å². The third kappa shape index (κ3) is 4.31. The average Bonchev–Trinajstić information content (AvgIpc) is 2.51. The highest BCUT2D eigenvalue weighted by molar-refractivity contribution is 5.83. The molecule has 2 aromatic carbocycles. The fraction of sp³-hybridized carbons (Fsp3) is 0.125. The Kier molecular flexibility index (Phi) is 5.08.